The molecule has 6 nitrogen and oxygen atoms in total. The number of carbonyl (C=O) groups excluding carboxylic acids is 1. The number of rotatable bonds is 4. The van der Waals surface area contributed by atoms with E-state index in [-0.39, 0.29) is 0 Å². The molecule has 0 spiro atoms. The molecule has 0 saturated carbocycles. The Morgan fingerprint density at radius 1 is 1.29 bits per heavy atom. The molecule has 0 saturated heterocycles. The Morgan fingerprint density at radius 2 is 1.96 bits per heavy atom. The van der Waals surface area contributed by atoms with Crippen molar-refractivity contribution in [2.45, 2.75) is 19.1 Å². The Labute approximate surface area is 134 Å². The third-order valence-electron chi connectivity index (χ3n) is 3.47. The van der Waals surface area contributed by atoms with Crippen molar-refractivity contribution in [1.29, 1.82) is 0 Å². The molecule has 1 heterocycles. The Morgan fingerprint density at radius 3 is 2.46 bits per heavy atom. The van der Waals surface area contributed by atoms with Gasteiger partial charge in [-0.25, -0.2) is 4.79 Å². The second-order valence-electron chi connectivity index (χ2n) is 5.14. The van der Waals surface area contributed by atoms with Gasteiger partial charge in [-0.2, -0.15) is 18.3 Å². The highest BCUT2D eigenvalue weighted by molar-refractivity contribution is 5.97. The molecule has 0 radical (unpaired) electrons. The minimum atomic E-state index is -4.85. The Kier molecular flexibility index (Phi) is 4.63. The number of hydrogen-bond donors (Lipinski definition) is 2. The van der Waals surface area contributed by atoms with E-state index >= 15 is 0 Å². The van der Waals surface area contributed by atoms with Gasteiger partial charge >= 0.3 is 12.1 Å². The Bertz CT molecular complexity index is 784. The smallest absolute Gasteiger partial charge is 0.417 e. The molecule has 0 aliphatic rings. The Balaban J connectivity index is 2.35. The molecule has 1 unspecified atom stereocenters. The number of aryl methyl sites for hydroxylation is 1. The third kappa shape index (κ3) is 3.55. The summed E-state index contributed by atoms with van der Waals surface area (Å²) in [6, 6.07) is 3.32. The first-order chi connectivity index (χ1) is 11.1. The molecule has 0 aliphatic carbocycles. The molecule has 1 amide bonds. The van der Waals surface area contributed by atoms with Crippen molar-refractivity contribution in [1.82, 2.24) is 15.1 Å². The highest BCUT2D eigenvalue weighted by Crippen LogP contribution is 2.33. The van der Waals surface area contributed by atoms with Crippen molar-refractivity contribution in [3.05, 3.63) is 52.8 Å². The van der Waals surface area contributed by atoms with E-state index < -0.39 is 40.8 Å². The maximum Gasteiger partial charge on any atom is 0.417 e. The number of amides is 1. The van der Waals surface area contributed by atoms with Crippen molar-refractivity contribution < 1.29 is 27.9 Å². The predicted octanol–water partition coefficient (Wildman–Crippen LogP) is 2.63. The van der Waals surface area contributed by atoms with Gasteiger partial charge in [0.2, 0.25) is 0 Å². The highest BCUT2D eigenvalue weighted by Gasteiger charge is 2.36. The number of alkyl halides is 3. The van der Waals surface area contributed by atoms with Crippen LogP contribution in [0.15, 0.2) is 30.5 Å². The van der Waals surface area contributed by atoms with Crippen LogP contribution in [-0.2, 0) is 13.2 Å². The lowest BCUT2D eigenvalue weighted by Crippen LogP contribution is -2.30. The summed E-state index contributed by atoms with van der Waals surface area (Å²) >= 11 is 0. The van der Waals surface area contributed by atoms with E-state index in [1.54, 1.807) is 20.0 Å². The maximum atomic E-state index is 13.1. The second kappa shape index (κ2) is 6.34. The molecule has 0 fully saturated rings. The maximum absolute atomic E-state index is 13.1. The zero-order chi connectivity index (χ0) is 18.1. The van der Waals surface area contributed by atoms with Crippen LogP contribution in [0.1, 0.15) is 44.9 Å². The number of carboxylic acids is 1. The molecule has 2 N–H and O–H groups in total. The molecule has 128 valence electrons. The SMILES string of the molecule is CC(NC(=O)c1ccc(C(=O)O)cc1C(F)(F)F)c1ccnn1C. The van der Waals surface area contributed by atoms with Crippen LogP contribution in [0, 0.1) is 0 Å². The van der Waals surface area contributed by atoms with Gasteiger partial charge in [0.15, 0.2) is 0 Å². The van der Waals surface area contributed by atoms with Gasteiger partial charge in [0.05, 0.1) is 28.4 Å². The summed E-state index contributed by atoms with van der Waals surface area (Å²) in [6.45, 7) is 1.60. The first-order valence-corrected chi connectivity index (χ1v) is 6.84. The molecule has 1 atom stereocenters. The Hall–Kier alpha value is -2.84. The monoisotopic (exact) mass is 341 g/mol. The summed E-state index contributed by atoms with van der Waals surface area (Å²) in [7, 11) is 1.64. The van der Waals surface area contributed by atoms with Gasteiger partial charge < -0.3 is 10.4 Å². The van der Waals surface area contributed by atoms with Gasteiger partial charge in [0, 0.05) is 13.2 Å². The van der Waals surface area contributed by atoms with Crippen molar-refractivity contribution in [3.8, 4) is 0 Å². The molecule has 24 heavy (non-hydrogen) atoms. The predicted molar refractivity (Wildman–Crippen MR) is 77.5 cm³/mol. The number of aromatic nitrogens is 2. The molecule has 2 rings (SSSR count). The topological polar surface area (TPSA) is 84.2 Å². The quantitative estimate of drug-likeness (QED) is 0.895. The fourth-order valence-corrected chi connectivity index (χ4v) is 2.27. The van der Waals surface area contributed by atoms with Crippen LogP contribution in [0.2, 0.25) is 0 Å². The van der Waals surface area contributed by atoms with E-state index in [1.165, 1.54) is 10.9 Å². The zero-order valence-corrected chi connectivity index (χ0v) is 12.8. The number of halogens is 3. The van der Waals surface area contributed by atoms with Crippen LogP contribution in [0.5, 0.6) is 0 Å². The summed E-state index contributed by atoms with van der Waals surface area (Å²) in [6.07, 6.45) is -3.35. The molecular formula is C15H14F3N3O3. The number of nitrogens with one attached hydrogen (secondary N) is 1. The summed E-state index contributed by atoms with van der Waals surface area (Å²) in [5.74, 6) is -2.45. The average Bonchev–Trinajstić information content (AvgIpc) is 2.91. The van der Waals surface area contributed by atoms with Gasteiger partial charge in [-0.1, -0.05) is 0 Å². The number of carboxylic acid groups (broad SMARTS) is 1. The minimum absolute atomic E-state index is 0.450. The van der Waals surface area contributed by atoms with Gasteiger partial charge in [0.1, 0.15) is 0 Å². The molecule has 9 heteroatoms. The number of nitrogens with zero attached hydrogens (tertiary/aromatic N) is 2. The van der Waals surface area contributed by atoms with Crippen molar-refractivity contribution >= 4 is 11.9 Å². The molecular weight excluding hydrogens is 327 g/mol. The summed E-state index contributed by atoms with van der Waals surface area (Å²) in [4.78, 5) is 23.1. The molecule has 0 bridgehead atoms. The van der Waals surface area contributed by atoms with Gasteiger partial charge in [0.25, 0.3) is 5.91 Å². The van der Waals surface area contributed by atoms with Gasteiger partial charge in [-0.3, -0.25) is 9.48 Å². The lowest BCUT2D eigenvalue weighted by Gasteiger charge is -2.17. The van der Waals surface area contributed by atoms with E-state index in [1.807, 2.05) is 0 Å². The second-order valence-corrected chi connectivity index (χ2v) is 5.14. The minimum Gasteiger partial charge on any atom is -0.478 e. The largest absolute Gasteiger partial charge is 0.478 e. The zero-order valence-electron chi connectivity index (χ0n) is 12.8. The molecule has 2 aromatic rings. The van der Waals surface area contributed by atoms with Crippen LogP contribution in [0.3, 0.4) is 0 Å². The summed E-state index contributed by atoms with van der Waals surface area (Å²) in [5, 5.41) is 15.2. The van der Waals surface area contributed by atoms with Crippen molar-refractivity contribution in [3.63, 3.8) is 0 Å². The van der Waals surface area contributed by atoms with Crippen LogP contribution in [0.4, 0.5) is 13.2 Å². The third-order valence-corrected chi connectivity index (χ3v) is 3.47. The van der Waals surface area contributed by atoms with E-state index in [0.717, 1.165) is 12.1 Å². The number of aromatic carboxylic acids is 1. The average molecular weight is 341 g/mol. The molecule has 1 aromatic carbocycles. The first kappa shape index (κ1) is 17.5. The first-order valence-electron chi connectivity index (χ1n) is 6.84. The van der Waals surface area contributed by atoms with E-state index in [2.05, 4.69) is 10.4 Å². The normalized spacial score (nSPS) is 12.7. The number of carbonyl (C=O) groups is 2. The standard InChI is InChI=1S/C15H14F3N3O3/c1-8(12-5-6-19-21(12)2)20-13(22)10-4-3-9(14(23)24)7-11(10)15(16,17)18/h3-8H,1-2H3,(H,20,22)(H,23,24). The van der Waals surface area contributed by atoms with Crippen LogP contribution in [0.25, 0.3) is 0 Å². The van der Waals surface area contributed by atoms with Crippen molar-refractivity contribution in [2.24, 2.45) is 7.05 Å². The fraction of sp³-hybridized carbons (Fsp3) is 0.267. The molecule has 0 aliphatic heterocycles. The number of benzene rings is 1. The van der Waals surface area contributed by atoms with Crippen LogP contribution >= 0.6 is 0 Å². The van der Waals surface area contributed by atoms with E-state index in [4.69, 9.17) is 5.11 Å². The molecule has 1 aromatic heterocycles. The lowest BCUT2D eigenvalue weighted by atomic mass is 10.0. The van der Waals surface area contributed by atoms with Gasteiger partial charge in [-0.05, 0) is 31.2 Å². The van der Waals surface area contributed by atoms with Gasteiger partial charge in [-0.15, -0.1) is 0 Å². The lowest BCUT2D eigenvalue weighted by molar-refractivity contribution is -0.138. The van der Waals surface area contributed by atoms with E-state index in [9.17, 15) is 22.8 Å². The van der Waals surface area contributed by atoms with Crippen LogP contribution < -0.4 is 5.32 Å². The number of hydrogen-bond acceptors (Lipinski definition) is 3. The summed E-state index contributed by atoms with van der Waals surface area (Å²) < 4.78 is 40.9. The van der Waals surface area contributed by atoms with Crippen LogP contribution in [-0.4, -0.2) is 26.8 Å². The van der Waals surface area contributed by atoms with E-state index in [0.29, 0.717) is 11.8 Å². The fourth-order valence-electron chi connectivity index (χ4n) is 2.27. The van der Waals surface area contributed by atoms with Crippen molar-refractivity contribution in [2.75, 3.05) is 0 Å². The summed E-state index contributed by atoms with van der Waals surface area (Å²) in [5.41, 5.74) is -1.86. The highest BCUT2D eigenvalue weighted by atomic mass is 19.4.